The molecule has 2 aromatic carbocycles. The molecule has 110 valence electrons. The Hall–Kier alpha value is -2.00. The molecule has 3 nitrogen and oxygen atoms in total. The van der Waals surface area contributed by atoms with Crippen molar-refractivity contribution in [2.75, 3.05) is 7.11 Å². The number of methoxy groups -OCH3 is 1. The number of carbonyl (C=O) groups is 1. The van der Waals surface area contributed by atoms with Crippen LogP contribution in [0.15, 0.2) is 42.5 Å². The molecule has 0 saturated heterocycles. The van der Waals surface area contributed by atoms with Crippen LogP contribution in [-0.4, -0.2) is 18.2 Å². The molecule has 0 saturated carbocycles. The number of hydrogen-bond donors (Lipinski definition) is 1. The average Bonchev–Trinajstić information content (AvgIpc) is 2.46. The zero-order chi connectivity index (χ0) is 15.4. The zero-order valence-electron chi connectivity index (χ0n) is 12.0. The van der Waals surface area contributed by atoms with Crippen molar-refractivity contribution in [3.05, 3.63) is 64.2 Å². The largest absolute Gasteiger partial charge is 0.496 e. The number of aliphatic carboxylic acids is 1. The summed E-state index contributed by atoms with van der Waals surface area (Å²) in [4.78, 5) is 11.6. The van der Waals surface area contributed by atoms with E-state index in [1.165, 1.54) is 0 Å². The summed E-state index contributed by atoms with van der Waals surface area (Å²) in [5.74, 6) is -0.778. The van der Waals surface area contributed by atoms with Gasteiger partial charge in [0.1, 0.15) is 5.75 Å². The summed E-state index contributed by atoms with van der Waals surface area (Å²) in [7, 11) is 1.59. The van der Waals surface area contributed by atoms with Crippen LogP contribution in [0.3, 0.4) is 0 Å². The Morgan fingerprint density at radius 3 is 2.48 bits per heavy atom. The van der Waals surface area contributed by atoms with Gasteiger partial charge in [0.15, 0.2) is 0 Å². The number of hydrogen-bond acceptors (Lipinski definition) is 2. The van der Waals surface area contributed by atoms with Gasteiger partial charge in [-0.2, -0.15) is 0 Å². The predicted molar refractivity (Wildman–Crippen MR) is 83.3 cm³/mol. The van der Waals surface area contributed by atoms with Crippen molar-refractivity contribution >= 4 is 17.6 Å². The second-order valence-electron chi connectivity index (χ2n) is 4.96. The standard InChI is InChI=1S/C17H17ClO3/c1-11-3-8-16(21-2)13(9-11)10-15(17(19)20)12-4-6-14(18)7-5-12/h3-9,15H,10H2,1-2H3,(H,19,20). The minimum atomic E-state index is -0.860. The van der Waals surface area contributed by atoms with Crippen LogP contribution in [0.2, 0.25) is 5.02 Å². The number of benzene rings is 2. The molecule has 1 atom stereocenters. The molecule has 4 heteroatoms. The maximum Gasteiger partial charge on any atom is 0.311 e. The van der Waals surface area contributed by atoms with E-state index in [1.807, 2.05) is 25.1 Å². The highest BCUT2D eigenvalue weighted by Crippen LogP contribution is 2.28. The van der Waals surface area contributed by atoms with E-state index < -0.39 is 11.9 Å². The molecule has 0 fully saturated rings. The van der Waals surface area contributed by atoms with Crippen molar-refractivity contribution in [3.8, 4) is 5.75 Å². The summed E-state index contributed by atoms with van der Waals surface area (Å²) >= 11 is 5.86. The van der Waals surface area contributed by atoms with Crippen LogP contribution in [0.5, 0.6) is 5.75 Å². The molecule has 0 bridgehead atoms. The van der Waals surface area contributed by atoms with Gasteiger partial charge in [0.05, 0.1) is 13.0 Å². The van der Waals surface area contributed by atoms with Crippen molar-refractivity contribution in [2.24, 2.45) is 0 Å². The van der Waals surface area contributed by atoms with Gasteiger partial charge < -0.3 is 9.84 Å². The van der Waals surface area contributed by atoms with Gasteiger partial charge in [0, 0.05) is 5.02 Å². The highest BCUT2D eigenvalue weighted by Gasteiger charge is 2.22. The maximum atomic E-state index is 11.6. The normalized spacial score (nSPS) is 12.0. The van der Waals surface area contributed by atoms with Crippen LogP contribution in [0, 0.1) is 6.92 Å². The Bertz CT molecular complexity index is 635. The molecule has 1 N–H and O–H groups in total. The highest BCUT2D eigenvalue weighted by molar-refractivity contribution is 6.30. The lowest BCUT2D eigenvalue weighted by Crippen LogP contribution is -2.15. The van der Waals surface area contributed by atoms with Gasteiger partial charge in [0.25, 0.3) is 0 Å². The third kappa shape index (κ3) is 3.76. The monoisotopic (exact) mass is 304 g/mol. The van der Waals surface area contributed by atoms with E-state index in [1.54, 1.807) is 31.4 Å². The lowest BCUT2D eigenvalue weighted by atomic mass is 9.91. The summed E-state index contributed by atoms with van der Waals surface area (Å²) in [5, 5.41) is 10.1. The highest BCUT2D eigenvalue weighted by atomic mass is 35.5. The molecular weight excluding hydrogens is 288 g/mol. The number of halogens is 1. The fraction of sp³-hybridized carbons (Fsp3) is 0.235. The number of carboxylic acids is 1. The van der Waals surface area contributed by atoms with Gasteiger partial charge >= 0.3 is 5.97 Å². The van der Waals surface area contributed by atoms with Crippen molar-refractivity contribution in [1.29, 1.82) is 0 Å². The van der Waals surface area contributed by atoms with Crippen LogP contribution in [0.4, 0.5) is 0 Å². The van der Waals surface area contributed by atoms with E-state index >= 15 is 0 Å². The molecule has 2 aromatic rings. The van der Waals surface area contributed by atoms with Crippen molar-refractivity contribution in [3.63, 3.8) is 0 Å². The smallest absolute Gasteiger partial charge is 0.311 e. The first kappa shape index (κ1) is 15.4. The van der Waals surface area contributed by atoms with Gasteiger partial charge in [-0.15, -0.1) is 0 Å². The summed E-state index contributed by atoms with van der Waals surface area (Å²) in [6, 6.07) is 12.7. The first-order chi connectivity index (χ1) is 10.0. The molecule has 0 radical (unpaired) electrons. The van der Waals surface area contributed by atoms with Crippen LogP contribution in [0.25, 0.3) is 0 Å². The molecule has 0 aliphatic carbocycles. The molecule has 0 aromatic heterocycles. The molecule has 0 aliphatic rings. The minimum Gasteiger partial charge on any atom is -0.496 e. The zero-order valence-corrected chi connectivity index (χ0v) is 12.7. The van der Waals surface area contributed by atoms with E-state index in [0.29, 0.717) is 17.2 Å². The van der Waals surface area contributed by atoms with Crippen molar-refractivity contribution < 1.29 is 14.6 Å². The lowest BCUT2D eigenvalue weighted by molar-refractivity contribution is -0.138. The molecule has 0 spiro atoms. The second kappa shape index (κ2) is 6.64. The van der Waals surface area contributed by atoms with E-state index in [4.69, 9.17) is 16.3 Å². The average molecular weight is 305 g/mol. The topological polar surface area (TPSA) is 46.5 Å². The summed E-state index contributed by atoms with van der Waals surface area (Å²) in [6.07, 6.45) is 0.377. The van der Waals surface area contributed by atoms with Crippen LogP contribution in [0.1, 0.15) is 22.6 Å². The Kier molecular flexibility index (Phi) is 4.86. The predicted octanol–water partition coefficient (Wildman–Crippen LogP) is 4.07. The lowest BCUT2D eigenvalue weighted by Gasteiger charge is -2.16. The number of ether oxygens (including phenoxy) is 1. The van der Waals surface area contributed by atoms with Gasteiger partial charge in [-0.25, -0.2) is 0 Å². The molecule has 0 heterocycles. The maximum absolute atomic E-state index is 11.6. The second-order valence-corrected chi connectivity index (χ2v) is 5.40. The Balaban J connectivity index is 2.35. The summed E-state index contributed by atoms with van der Waals surface area (Å²) < 4.78 is 5.32. The van der Waals surface area contributed by atoms with E-state index in [0.717, 1.165) is 16.7 Å². The Labute approximate surface area is 129 Å². The van der Waals surface area contributed by atoms with Crippen molar-refractivity contribution in [1.82, 2.24) is 0 Å². The Morgan fingerprint density at radius 2 is 1.90 bits per heavy atom. The fourth-order valence-electron chi connectivity index (χ4n) is 2.33. The van der Waals surface area contributed by atoms with Crippen molar-refractivity contribution in [2.45, 2.75) is 19.3 Å². The number of rotatable bonds is 5. The van der Waals surface area contributed by atoms with E-state index in [-0.39, 0.29) is 0 Å². The van der Waals surface area contributed by atoms with Crippen LogP contribution < -0.4 is 4.74 Å². The summed E-state index contributed by atoms with van der Waals surface area (Å²) in [5.41, 5.74) is 2.70. The van der Waals surface area contributed by atoms with Crippen LogP contribution in [-0.2, 0) is 11.2 Å². The van der Waals surface area contributed by atoms with E-state index in [2.05, 4.69) is 0 Å². The number of aryl methyl sites for hydroxylation is 1. The molecule has 0 aliphatic heterocycles. The third-order valence-corrected chi connectivity index (χ3v) is 3.68. The van der Waals surface area contributed by atoms with Crippen LogP contribution >= 0.6 is 11.6 Å². The quantitative estimate of drug-likeness (QED) is 0.906. The SMILES string of the molecule is COc1ccc(C)cc1CC(C(=O)O)c1ccc(Cl)cc1. The Morgan fingerprint density at radius 1 is 1.24 bits per heavy atom. The minimum absolute atomic E-state index is 0.377. The molecule has 1 unspecified atom stereocenters. The molecule has 2 rings (SSSR count). The molecular formula is C17H17ClO3. The number of carboxylic acid groups (broad SMARTS) is 1. The van der Waals surface area contributed by atoms with Gasteiger partial charge in [-0.1, -0.05) is 41.4 Å². The summed E-state index contributed by atoms with van der Waals surface area (Å²) in [6.45, 7) is 1.97. The third-order valence-electron chi connectivity index (χ3n) is 3.43. The fourth-order valence-corrected chi connectivity index (χ4v) is 2.46. The van der Waals surface area contributed by atoms with Gasteiger partial charge in [-0.3, -0.25) is 4.79 Å². The first-order valence-electron chi connectivity index (χ1n) is 6.63. The van der Waals surface area contributed by atoms with Gasteiger partial charge in [-0.05, 0) is 42.7 Å². The first-order valence-corrected chi connectivity index (χ1v) is 7.01. The van der Waals surface area contributed by atoms with Gasteiger partial charge in [0.2, 0.25) is 0 Å². The van der Waals surface area contributed by atoms with E-state index in [9.17, 15) is 9.90 Å². The molecule has 0 amide bonds. The molecule has 21 heavy (non-hydrogen) atoms.